The Kier molecular flexibility index (Phi) is 4.82. The Morgan fingerprint density at radius 3 is 2.95 bits per heavy atom. The van der Waals surface area contributed by atoms with Crippen LogP contribution in [0, 0.1) is 18.7 Å². The van der Waals surface area contributed by atoms with Crippen LogP contribution in [0.3, 0.4) is 0 Å². The van der Waals surface area contributed by atoms with Crippen LogP contribution in [-0.2, 0) is 5.60 Å². The standard InChI is InChI=1S/C15H20ClFNO/c1-2-8-15(19,11-5-4-9-18-10-11)12-6-3-7-13(17)14(12)16/h3,6-7,11,18-19H,1-2,4-5,8-10H2/t11-,15+/m1/s1. The third-order valence-corrected chi connectivity index (χ3v) is 4.33. The van der Waals surface area contributed by atoms with Gasteiger partial charge in [-0.1, -0.05) is 37.1 Å². The van der Waals surface area contributed by atoms with Crippen LogP contribution in [0.1, 0.15) is 31.2 Å². The van der Waals surface area contributed by atoms with Gasteiger partial charge in [0.15, 0.2) is 0 Å². The molecule has 0 bridgehead atoms. The normalized spacial score (nSPS) is 23.1. The van der Waals surface area contributed by atoms with Crippen LogP contribution in [-0.4, -0.2) is 18.2 Å². The summed E-state index contributed by atoms with van der Waals surface area (Å²) >= 11 is 6.06. The highest BCUT2D eigenvalue weighted by molar-refractivity contribution is 6.31. The van der Waals surface area contributed by atoms with Crippen molar-refractivity contribution in [1.82, 2.24) is 5.32 Å². The average molecular weight is 285 g/mol. The Morgan fingerprint density at radius 2 is 2.32 bits per heavy atom. The van der Waals surface area contributed by atoms with Crippen molar-refractivity contribution in [2.45, 2.75) is 31.3 Å². The molecule has 19 heavy (non-hydrogen) atoms. The Hall–Kier alpha value is -0.640. The van der Waals surface area contributed by atoms with Gasteiger partial charge in [0.25, 0.3) is 0 Å². The van der Waals surface area contributed by atoms with Crippen LogP contribution in [0.15, 0.2) is 18.2 Å². The van der Waals surface area contributed by atoms with Gasteiger partial charge in [0, 0.05) is 18.0 Å². The van der Waals surface area contributed by atoms with E-state index in [1.54, 1.807) is 12.1 Å². The van der Waals surface area contributed by atoms with E-state index < -0.39 is 11.4 Å². The molecule has 1 fully saturated rings. The second-order valence-corrected chi connectivity index (χ2v) is 5.55. The van der Waals surface area contributed by atoms with Crippen molar-refractivity contribution in [3.8, 4) is 0 Å². The van der Waals surface area contributed by atoms with Crippen LogP contribution in [0.5, 0.6) is 0 Å². The lowest BCUT2D eigenvalue weighted by Crippen LogP contribution is -2.44. The highest BCUT2D eigenvalue weighted by atomic mass is 35.5. The molecular weight excluding hydrogens is 265 g/mol. The fourth-order valence-electron chi connectivity index (χ4n) is 2.93. The molecule has 0 amide bonds. The third kappa shape index (κ3) is 2.93. The smallest absolute Gasteiger partial charge is 0.142 e. The minimum Gasteiger partial charge on any atom is -0.385 e. The number of nitrogens with one attached hydrogen (secondary N) is 1. The van der Waals surface area contributed by atoms with E-state index in [4.69, 9.17) is 11.6 Å². The van der Waals surface area contributed by atoms with E-state index in [-0.39, 0.29) is 10.9 Å². The van der Waals surface area contributed by atoms with E-state index in [0.717, 1.165) is 25.9 Å². The average Bonchev–Trinajstić information content (AvgIpc) is 2.43. The van der Waals surface area contributed by atoms with Gasteiger partial charge in [-0.05, 0) is 31.9 Å². The minimum absolute atomic E-state index is 0.0315. The van der Waals surface area contributed by atoms with Crippen LogP contribution in [0.25, 0.3) is 0 Å². The van der Waals surface area contributed by atoms with Crippen molar-refractivity contribution in [3.05, 3.63) is 41.5 Å². The van der Waals surface area contributed by atoms with Gasteiger partial charge in [-0.3, -0.25) is 0 Å². The summed E-state index contributed by atoms with van der Waals surface area (Å²) in [6.45, 7) is 5.52. The van der Waals surface area contributed by atoms with E-state index in [1.165, 1.54) is 6.07 Å². The van der Waals surface area contributed by atoms with Crippen LogP contribution in [0.4, 0.5) is 4.39 Å². The molecule has 1 aliphatic heterocycles. The van der Waals surface area contributed by atoms with Crippen LogP contribution < -0.4 is 5.32 Å². The lowest BCUT2D eigenvalue weighted by Gasteiger charge is -2.39. The maximum atomic E-state index is 13.6. The van der Waals surface area contributed by atoms with Crippen LogP contribution >= 0.6 is 11.6 Å². The summed E-state index contributed by atoms with van der Waals surface area (Å²) < 4.78 is 13.6. The number of piperidine rings is 1. The lowest BCUT2D eigenvalue weighted by molar-refractivity contribution is -0.0402. The molecule has 0 saturated carbocycles. The number of hydrogen-bond donors (Lipinski definition) is 2. The number of benzene rings is 1. The molecule has 0 aromatic heterocycles. The summed E-state index contributed by atoms with van der Waals surface area (Å²) in [6.07, 6.45) is 3.00. The fraction of sp³-hybridized carbons (Fsp3) is 0.533. The highest BCUT2D eigenvalue weighted by Gasteiger charge is 2.40. The number of hydrogen-bond acceptors (Lipinski definition) is 2. The monoisotopic (exact) mass is 284 g/mol. The maximum Gasteiger partial charge on any atom is 0.142 e. The van der Waals surface area contributed by atoms with E-state index in [2.05, 4.69) is 12.2 Å². The van der Waals surface area contributed by atoms with Gasteiger partial charge >= 0.3 is 0 Å². The second-order valence-electron chi connectivity index (χ2n) is 5.17. The summed E-state index contributed by atoms with van der Waals surface area (Å²) in [5.41, 5.74) is -0.611. The summed E-state index contributed by atoms with van der Waals surface area (Å²) in [5, 5.41) is 14.4. The Balaban J connectivity index is 2.39. The molecule has 2 N–H and O–H groups in total. The fourth-order valence-corrected chi connectivity index (χ4v) is 3.22. The largest absolute Gasteiger partial charge is 0.385 e. The zero-order valence-corrected chi connectivity index (χ0v) is 11.7. The molecule has 0 unspecified atom stereocenters. The molecule has 1 saturated heterocycles. The molecule has 2 rings (SSSR count). The minimum atomic E-state index is -1.10. The van der Waals surface area contributed by atoms with Crippen molar-refractivity contribution in [2.24, 2.45) is 5.92 Å². The van der Waals surface area contributed by atoms with E-state index in [9.17, 15) is 9.50 Å². The first-order chi connectivity index (χ1) is 9.09. The molecule has 2 atom stereocenters. The molecule has 105 valence electrons. The van der Waals surface area contributed by atoms with Gasteiger partial charge in [0.2, 0.25) is 0 Å². The number of rotatable bonds is 4. The maximum absolute atomic E-state index is 13.6. The first-order valence-corrected chi connectivity index (χ1v) is 7.14. The van der Waals surface area contributed by atoms with Crippen molar-refractivity contribution in [1.29, 1.82) is 0 Å². The predicted molar refractivity (Wildman–Crippen MR) is 75.5 cm³/mol. The van der Waals surface area contributed by atoms with E-state index >= 15 is 0 Å². The molecular formula is C15H20ClFNO. The Labute approximate surface area is 119 Å². The van der Waals surface area contributed by atoms with Gasteiger partial charge in [-0.15, -0.1) is 0 Å². The van der Waals surface area contributed by atoms with E-state index in [0.29, 0.717) is 18.4 Å². The summed E-state index contributed by atoms with van der Waals surface area (Å²) in [7, 11) is 0. The zero-order valence-electron chi connectivity index (χ0n) is 11.0. The molecule has 1 aromatic rings. The van der Waals surface area contributed by atoms with Gasteiger partial charge in [0.1, 0.15) is 5.82 Å². The molecule has 1 radical (unpaired) electrons. The summed E-state index contributed by atoms with van der Waals surface area (Å²) in [6, 6.07) is 4.63. The first-order valence-electron chi connectivity index (χ1n) is 6.76. The second kappa shape index (κ2) is 6.21. The molecule has 4 heteroatoms. The summed E-state index contributed by atoms with van der Waals surface area (Å²) in [4.78, 5) is 0. The highest BCUT2D eigenvalue weighted by Crippen LogP contribution is 2.41. The topological polar surface area (TPSA) is 32.3 Å². The molecule has 0 aliphatic carbocycles. The first kappa shape index (κ1) is 14.8. The van der Waals surface area contributed by atoms with Gasteiger partial charge < -0.3 is 10.4 Å². The Bertz CT molecular complexity index is 434. The van der Waals surface area contributed by atoms with Gasteiger partial charge in [-0.25, -0.2) is 4.39 Å². The molecule has 1 heterocycles. The molecule has 1 aromatic carbocycles. The lowest BCUT2D eigenvalue weighted by atomic mass is 9.75. The van der Waals surface area contributed by atoms with Crippen molar-refractivity contribution in [2.75, 3.05) is 13.1 Å². The quantitative estimate of drug-likeness (QED) is 0.889. The number of aliphatic hydroxyl groups is 1. The number of halogens is 2. The van der Waals surface area contributed by atoms with E-state index in [1.807, 2.05) is 0 Å². The molecule has 0 spiro atoms. The van der Waals surface area contributed by atoms with Crippen molar-refractivity contribution < 1.29 is 9.50 Å². The molecule has 2 nitrogen and oxygen atoms in total. The van der Waals surface area contributed by atoms with Crippen molar-refractivity contribution in [3.63, 3.8) is 0 Å². The predicted octanol–water partition coefficient (Wildman–Crippen LogP) is 3.28. The van der Waals surface area contributed by atoms with Crippen LogP contribution in [0.2, 0.25) is 5.02 Å². The summed E-state index contributed by atoms with van der Waals surface area (Å²) in [5.74, 6) is -0.437. The SMILES string of the molecule is [CH2]CC[C@@](O)(c1cccc(F)c1Cl)[C@@H]1CCCNC1. The zero-order chi connectivity index (χ0) is 13.9. The molecule has 1 aliphatic rings. The Morgan fingerprint density at radius 1 is 1.53 bits per heavy atom. The third-order valence-electron chi connectivity index (χ3n) is 3.95. The van der Waals surface area contributed by atoms with Gasteiger partial charge in [0.05, 0.1) is 10.6 Å². The van der Waals surface area contributed by atoms with Gasteiger partial charge in [-0.2, -0.15) is 0 Å². The van der Waals surface area contributed by atoms with Crippen molar-refractivity contribution >= 4 is 11.6 Å².